The van der Waals surface area contributed by atoms with Crippen LogP contribution in [0.3, 0.4) is 0 Å². The van der Waals surface area contributed by atoms with Crippen molar-refractivity contribution in [1.82, 2.24) is 29.3 Å². The first-order chi connectivity index (χ1) is 18.1. The molecule has 1 fully saturated rings. The smallest absolute Gasteiger partial charge is 0.281 e. The Bertz CT molecular complexity index is 1660. The maximum absolute atomic E-state index is 14.3. The molecule has 2 aromatic heterocycles. The summed E-state index contributed by atoms with van der Waals surface area (Å²) in [7, 11) is -3.74. The maximum Gasteiger partial charge on any atom is 0.281 e. The number of halogens is 2. The van der Waals surface area contributed by atoms with Gasteiger partial charge < -0.3 is 10.3 Å². The van der Waals surface area contributed by atoms with Crippen LogP contribution in [-0.4, -0.2) is 56.7 Å². The molecule has 4 aromatic rings. The summed E-state index contributed by atoms with van der Waals surface area (Å²) in [5.74, 6) is -0.574. The first-order valence-corrected chi connectivity index (χ1v) is 13.6. The second-order valence-corrected chi connectivity index (χ2v) is 11.3. The van der Waals surface area contributed by atoms with Crippen LogP contribution in [0.25, 0.3) is 11.2 Å². The van der Waals surface area contributed by atoms with E-state index in [-0.39, 0.29) is 58.1 Å². The van der Waals surface area contributed by atoms with E-state index in [1.54, 1.807) is 6.07 Å². The molecule has 14 heteroatoms. The van der Waals surface area contributed by atoms with Gasteiger partial charge in [0, 0.05) is 42.2 Å². The topological polar surface area (TPSA) is 143 Å². The van der Waals surface area contributed by atoms with Gasteiger partial charge in [-0.1, -0.05) is 22.9 Å². The van der Waals surface area contributed by atoms with Crippen LogP contribution < -0.4 is 10.9 Å². The van der Waals surface area contributed by atoms with Gasteiger partial charge in [0.15, 0.2) is 11.2 Å². The molecule has 0 aliphatic carbocycles. The molecule has 2 N–H and O–H groups in total. The van der Waals surface area contributed by atoms with E-state index in [0.717, 1.165) is 0 Å². The van der Waals surface area contributed by atoms with E-state index < -0.39 is 21.4 Å². The Morgan fingerprint density at radius 3 is 2.55 bits per heavy atom. The fraction of sp³-hybridized carbons (Fsp3) is 0.292. The Morgan fingerprint density at radius 2 is 1.89 bits per heavy atom. The monoisotopic (exact) mass is 559 g/mol. The number of amides is 1. The van der Waals surface area contributed by atoms with Crippen LogP contribution in [0.4, 0.5) is 10.1 Å². The second kappa shape index (κ2) is 10.2. The summed E-state index contributed by atoms with van der Waals surface area (Å²) in [6.07, 6.45) is 0.858. The number of hydrogen-bond donors (Lipinski definition) is 2. The predicted octanol–water partition coefficient (Wildman–Crippen LogP) is 2.88. The molecule has 0 unspecified atom stereocenters. The number of carbonyl (C=O) groups excluding carboxylic acids is 1. The third kappa shape index (κ3) is 5.04. The third-order valence-corrected chi connectivity index (χ3v) is 8.68. The molecule has 1 aliphatic rings. The normalized spacial score (nSPS) is 15.1. The molecule has 0 saturated carbocycles. The second-order valence-electron chi connectivity index (χ2n) is 8.95. The molecule has 5 rings (SSSR count). The molecule has 1 amide bonds. The summed E-state index contributed by atoms with van der Waals surface area (Å²) in [6.45, 7) is 1.77. The summed E-state index contributed by atoms with van der Waals surface area (Å²) >= 11 is 6.14. The highest BCUT2D eigenvalue weighted by atomic mass is 35.5. The fourth-order valence-electron chi connectivity index (χ4n) is 4.45. The van der Waals surface area contributed by atoms with E-state index in [1.165, 1.54) is 52.3 Å². The van der Waals surface area contributed by atoms with Crippen molar-refractivity contribution in [1.29, 1.82) is 0 Å². The van der Waals surface area contributed by atoms with Crippen LogP contribution in [0, 0.1) is 5.82 Å². The summed E-state index contributed by atoms with van der Waals surface area (Å²) in [5.41, 5.74) is 0.436. The molecular formula is C24H23ClFN7O4S. The van der Waals surface area contributed by atoms with Gasteiger partial charge in [-0.05, 0) is 49.2 Å². The number of hydrogen-bond acceptors (Lipinski definition) is 7. The lowest BCUT2D eigenvalue weighted by atomic mass is 9.97. The molecule has 0 bridgehead atoms. The Hall–Kier alpha value is -3.68. The van der Waals surface area contributed by atoms with Crippen LogP contribution in [0.1, 0.15) is 37.1 Å². The minimum absolute atomic E-state index is 0.0175. The van der Waals surface area contributed by atoms with Gasteiger partial charge in [0.1, 0.15) is 11.6 Å². The Morgan fingerprint density at radius 1 is 1.18 bits per heavy atom. The molecule has 1 aliphatic heterocycles. The van der Waals surface area contributed by atoms with Gasteiger partial charge in [0.25, 0.3) is 5.56 Å². The summed E-state index contributed by atoms with van der Waals surface area (Å²) in [6, 6.07) is 10.3. The average Bonchev–Trinajstić information content (AvgIpc) is 3.29. The van der Waals surface area contributed by atoms with Crippen molar-refractivity contribution in [2.24, 2.45) is 0 Å². The van der Waals surface area contributed by atoms with Gasteiger partial charge in [-0.3, -0.25) is 9.59 Å². The number of benzene rings is 2. The quantitative estimate of drug-likeness (QED) is 0.370. The highest BCUT2D eigenvalue weighted by molar-refractivity contribution is 7.89. The molecule has 0 atom stereocenters. The van der Waals surface area contributed by atoms with Gasteiger partial charge >= 0.3 is 0 Å². The van der Waals surface area contributed by atoms with Crippen LogP contribution in [0.5, 0.6) is 0 Å². The van der Waals surface area contributed by atoms with Crippen molar-refractivity contribution < 1.29 is 17.6 Å². The van der Waals surface area contributed by atoms with E-state index >= 15 is 0 Å². The lowest BCUT2D eigenvalue weighted by Crippen LogP contribution is -2.38. The van der Waals surface area contributed by atoms with Gasteiger partial charge in [-0.2, -0.15) is 4.31 Å². The van der Waals surface area contributed by atoms with E-state index in [2.05, 4.69) is 25.6 Å². The Balaban J connectivity index is 1.34. The van der Waals surface area contributed by atoms with Crippen molar-refractivity contribution in [2.75, 3.05) is 18.4 Å². The minimum atomic E-state index is -3.74. The van der Waals surface area contributed by atoms with Crippen LogP contribution in [0.2, 0.25) is 5.02 Å². The number of H-pyrrole nitrogens is 1. The lowest BCUT2D eigenvalue weighted by Gasteiger charge is -2.30. The highest BCUT2D eigenvalue weighted by Crippen LogP contribution is 2.30. The number of fused-ring (bicyclic) bond motifs is 1. The molecule has 11 nitrogen and oxygen atoms in total. The van der Waals surface area contributed by atoms with E-state index in [0.29, 0.717) is 24.4 Å². The standard InChI is InChI=1S/C24H23ClFN7O4S/c1-14(34)27-16-5-7-17(8-6-16)38(36,37)32-11-9-15(10-12-32)22-28-23-21(24(35)29-22)30-31-33(23)13-18-19(25)3-2-4-20(18)26/h2-8,15H,9-13H2,1H3,(H,27,34)(H,28,29,35). The third-order valence-electron chi connectivity index (χ3n) is 6.41. The molecule has 38 heavy (non-hydrogen) atoms. The minimum Gasteiger partial charge on any atom is -0.326 e. The number of nitrogens with zero attached hydrogens (tertiary/aromatic N) is 5. The molecule has 198 valence electrons. The Labute approximate surface area is 221 Å². The zero-order valence-corrected chi connectivity index (χ0v) is 21.8. The molecule has 3 heterocycles. The van der Waals surface area contributed by atoms with Crippen molar-refractivity contribution in [3.05, 3.63) is 75.0 Å². The summed E-state index contributed by atoms with van der Waals surface area (Å²) in [4.78, 5) is 31.3. The molecule has 1 saturated heterocycles. The van der Waals surface area contributed by atoms with Crippen molar-refractivity contribution in [3.8, 4) is 0 Å². The maximum atomic E-state index is 14.3. The number of piperidine rings is 1. The summed E-state index contributed by atoms with van der Waals surface area (Å²) < 4.78 is 43.3. The fourth-order valence-corrected chi connectivity index (χ4v) is 6.14. The predicted molar refractivity (Wildman–Crippen MR) is 138 cm³/mol. The largest absolute Gasteiger partial charge is 0.326 e. The lowest BCUT2D eigenvalue weighted by molar-refractivity contribution is -0.114. The van der Waals surface area contributed by atoms with Crippen molar-refractivity contribution in [2.45, 2.75) is 37.1 Å². The number of nitrogens with one attached hydrogen (secondary N) is 2. The first-order valence-electron chi connectivity index (χ1n) is 11.8. The number of sulfonamides is 1. The number of anilines is 1. The Kier molecular flexibility index (Phi) is 6.99. The zero-order valence-electron chi connectivity index (χ0n) is 20.2. The average molecular weight is 560 g/mol. The van der Waals surface area contributed by atoms with E-state index in [9.17, 15) is 22.4 Å². The highest BCUT2D eigenvalue weighted by Gasteiger charge is 2.31. The molecule has 2 aromatic carbocycles. The number of carbonyl (C=O) groups is 1. The molecule has 0 radical (unpaired) electrons. The van der Waals surface area contributed by atoms with Crippen LogP contribution >= 0.6 is 11.6 Å². The molecule has 0 spiro atoms. The van der Waals surface area contributed by atoms with Crippen LogP contribution in [-0.2, 0) is 21.4 Å². The molecular weight excluding hydrogens is 537 g/mol. The van der Waals surface area contributed by atoms with Crippen molar-refractivity contribution >= 4 is 44.4 Å². The SMILES string of the molecule is CC(=O)Nc1ccc(S(=O)(=O)N2CCC(c3nc4c(nnn4Cc4c(F)cccc4Cl)c(=O)[nH]3)CC2)cc1. The summed E-state index contributed by atoms with van der Waals surface area (Å²) in [5, 5.41) is 10.7. The van der Waals surface area contributed by atoms with E-state index in [4.69, 9.17) is 11.6 Å². The number of aromatic nitrogens is 5. The first kappa shape index (κ1) is 25.9. The van der Waals surface area contributed by atoms with Gasteiger partial charge in [0.2, 0.25) is 15.9 Å². The van der Waals surface area contributed by atoms with Crippen molar-refractivity contribution in [3.63, 3.8) is 0 Å². The zero-order chi connectivity index (χ0) is 27.0. The number of rotatable bonds is 6. The van der Waals surface area contributed by atoms with Gasteiger partial charge in [-0.25, -0.2) is 22.5 Å². The van der Waals surface area contributed by atoms with Crippen LogP contribution in [0.15, 0.2) is 52.2 Å². The van der Waals surface area contributed by atoms with Gasteiger partial charge in [-0.15, -0.1) is 5.10 Å². The van der Waals surface area contributed by atoms with E-state index in [1.807, 2.05) is 0 Å². The number of aromatic amines is 1. The van der Waals surface area contributed by atoms with Gasteiger partial charge in [0.05, 0.1) is 11.4 Å².